The van der Waals surface area contributed by atoms with Crippen molar-refractivity contribution >= 4 is 5.91 Å². The van der Waals surface area contributed by atoms with Crippen molar-refractivity contribution in [2.45, 2.75) is 13.0 Å². The van der Waals surface area contributed by atoms with E-state index in [1.165, 1.54) is 0 Å². The molecule has 6 heteroatoms. The number of halogens is 4. The summed E-state index contributed by atoms with van der Waals surface area (Å²) in [5.41, 5.74) is -0.177. The second kappa shape index (κ2) is 4.77. The summed E-state index contributed by atoms with van der Waals surface area (Å²) in [5, 5.41) is 1.77. The largest absolute Gasteiger partial charge is 0.347 e. The van der Waals surface area contributed by atoms with Crippen LogP contribution in [0.5, 0.6) is 0 Å². The first-order valence-corrected chi connectivity index (χ1v) is 4.00. The van der Waals surface area contributed by atoms with Gasteiger partial charge in [0, 0.05) is 12.1 Å². The van der Waals surface area contributed by atoms with Crippen molar-refractivity contribution in [2.24, 2.45) is 0 Å². The number of alkyl halides is 2. The van der Waals surface area contributed by atoms with Crippen molar-refractivity contribution in [2.75, 3.05) is 0 Å². The van der Waals surface area contributed by atoms with E-state index in [1.54, 1.807) is 5.32 Å². The van der Waals surface area contributed by atoms with E-state index < -0.39 is 30.5 Å². The molecule has 1 rings (SSSR count). The van der Waals surface area contributed by atoms with Gasteiger partial charge in [-0.3, -0.25) is 4.79 Å². The Labute approximate surface area is 82.9 Å². The summed E-state index contributed by atoms with van der Waals surface area (Å²) in [5.74, 6) is -2.97. The summed E-state index contributed by atoms with van der Waals surface area (Å²) in [7, 11) is 0. The van der Waals surface area contributed by atoms with Crippen LogP contribution in [0.2, 0.25) is 0 Å². The van der Waals surface area contributed by atoms with Gasteiger partial charge < -0.3 is 5.32 Å². The summed E-state index contributed by atoms with van der Waals surface area (Å²) in [6, 6.07) is 2.59. The number of nitrogens with one attached hydrogen (secondary N) is 1. The van der Waals surface area contributed by atoms with Crippen LogP contribution in [-0.2, 0) is 11.3 Å². The smallest absolute Gasteiger partial charge is 0.315 e. The van der Waals surface area contributed by atoms with Gasteiger partial charge in [-0.05, 0) is 18.2 Å². The molecule has 0 atom stereocenters. The third kappa shape index (κ3) is 3.23. The molecule has 82 valence electrons. The van der Waals surface area contributed by atoms with E-state index in [0.29, 0.717) is 0 Å². The minimum Gasteiger partial charge on any atom is -0.347 e. The van der Waals surface area contributed by atoms with Crippen LogP contribution in [0, 0.1) is 11.6 Å². The molecule has 0 aromatic heterocycles. The molecular weight excluding hydrogens is 214 g/mol. The molecule has 0 unspecified atom stereocenters. The molecule has 1 aromatic rings. The van der Waals surface area contributed by atoms with Gasteiger partial charge in [0.1, 0.15) is 11.6 Å². The molecule has 1 aromatic carbocycles. The third-order valence-electron chi connectivity index (χ3n) is 1.66. The SMILES string of the molecule is O=C(NCc1cc(F)ccc1F)C(F)F. The van der Waals surface area contributed by atoms with Crippen LogP contribution >= 0.6 is 0 Å². The molecule has 0 saturated heterocycles. The molecule has 0 radical (unpaired) electrons. The number of hydrogen-bond acceptors (Lipinski definition) is 1. The first-order valence-electron chi connectivity index (χ1n) is 4.00. The average molecular weight is 221 g/mol. The first-order chi connectivity index (χ1) is 7.00. The minimum atomic E-state index is -3.17. The highest BCUT2D eigenvalue weighted by Crippen LogP contribution is 2.09. The van der Waals surface area contributed by atoms with Crippen molar-refractivity contribution in [3.63, 3.8) is 0 Å². The van der Waals surface area contributed by atoms with Gasteiger partial charge in [0.25, 0.3) is 5.91 Å². The van der Waals surface area contributed by atoms with E-state index in [1.807, 2.05) is 0 Å². The van der Waals surface area contributed by atoms with E-state index in [-0.39, 0.29) is 5.56 Å². The molecule has 1 amide bonds. The molecule has 1 N–H and O–H groups in total. The zero-order chi connectivity index (χ0) is 11.4. The van der Waals surface area contributed by atoms with Gasteiger partial charge in [-0.25, -0.2) is 8.78 Å². The van der Waals surface area contributed by atoms with Crippen molar-refractivity contribution in [3.05, 3.63) is 35.4 Å². The van der Waals surface area contributed by atoms with Gasteiger partial charge in [-0.15, -0.1) is 0 Å². The van der Waals surface area contributed by atoms with E-state index in [2.05, 4.69) is 0 Å². The van der Waals surface area contributed by atoms with Crippen LogP contribution in [0.1, 0.15) is 5.56 Å². The Bertz CT molecular complexity index is 367. The van der Waals surface area contributed by atoms with Crippen LogP contribution < -0.4 is 5.32 Å². The molecule has 0 bridgehead atoms. The summed E-state index contributed by atoms with van der Waals surface area (Å²) >= 11 is 0. The molecule has 0 aliphatic rings. The lowest BCUT2D eigenvalue weighted by molar-refractivity contribution is -0.131. The molecule has 0 spiro atoms. The molecule has 0 aliphatic heterocycles. The minimum absolute atomic E-state index is 0.177. The zero-order valence-electron chi connectivity index (χ0n) is 7.44. The number of carbonyl (C=O) groups excluding carboxylic acids is 1. The van der Waals surface area contributed by atoms with Crippen LogP contribution in [0.4, 0.5) is 17.6 Å². The number of rotatable bonds is 3. The van der Waals surface area contributed by atoms with E-state index >= 15 is 0 Å². The van der Waals surface area contributed by atoms with Crippen LogP contribution in [-0.4, -0.2) is 12.3 Å². The van der Waals surface area contributed by atoms with Gasteiger partial charge >= 0.3 is 6.43 Å². The highest BCUT2D eigenvalue weighted by molar-refractivity contribution is 5.79. The molecule has 0 fully saturated rings. The second-order valence-corrected chi connectivity index (χ2v) is 2.75. The van der Waals surface area contributed by atoms with Crippen LogP contribution in [0.15, 0.2) is 18.2 Å². The lowest BCUT2D eigenvalue weighted by atomic mass is 10.2. The predicted molar refractivity (Wildman–Crippen MR) is 44.2 cm³/mol. The van der Waals surface area contributed by atoms with Gasteiger partial charge in [-0.2, -0.15) is 8.78 Å². The lowest BCUT2D eigenvalue weighted by Gasteiger charge is -2.05. The standard InChI is InChI=1S/C9H7F4NO/c10-6-1-2-7(11)5(3-6)4-14-9(15)8(12)13/h1-3,8H,4H2,(H,14,15). The van der Waals surface area contributed by atoms with Gasteiger partial charge in [-0.1, -0.05) is 0 Å². The highest BCUT2D eigenvalue weighted by Gasteiger charge is 2.15. The number of carbonyl (C=O) groups is 1. The second-order valence-electron chi connectivity index (χ2n) is 2.75. The van der Waals surface area contributed by atoms with Gasteiger partial charge in [0.05, 0.1) is 0 Å². The van der Waals surface area contributed by atoms with Gasteiger partial charge in [0.2, 0.25) is 0 Å². The Morgan fingerprint density at radius 3 is 2.60 bits per heavy atom. The van der Waals surface area contributed by atoms with Crippen molar-refractivity contribution in [1.29, 1.82) is 0 Å². The maximum atomic E-state index is 12.9. The number of benzene rings is 1. The Hall–Kier alpha value is -1.59. The Kier molecular flexibility index (Phi) is 3.65. The topological polar surface area (TPSA) is 29.1 Å². The monoisotopic (exact) mass is 221 g/mol. The molecule has 0 aliphatic carbocycles. The Morgan fingerprint density at radius 1 is 1.33 bits per heavy atom. The zero-order valence-corrected chi connectivity index (χ0v) is 7.44. The number of amides is 1. The van der Waals surface area contributed by atoms with Crippen LogP contribution in [0.25, 0.3) is 0 Å². The summed E-state index contributed by atoms with van der Waals surface area (Å²) in [6.45, 7) is -0.466. The highest BCUT2D eigenvalue weighted by atomic mass is 19.3. The fourth-order valence-electron chi connectivity index (χ4n) is 0.938. The van der Waals surface area contributed by atoms with E-state index in [4.69, 9.17) is 0 Å². The number of hydrogen-bond donors (Lipinski definition) is 1. The summed E-state index contributed by atoms with van der Waals surface area (Å²) in [4.78, 5) is 10.4. The van der Waals surface area contributed by atoms with Crippen molar-refractivity contribution in [3.8, 4) is 0 Å². The third-order valence-corrected chi connectivity index (χ3v) is 1.66. The maximum absolute atomic E-state index is 12.9. The van der Waals surface area contributed by atoms with Gasteiger partial charge in [0.15, 0.2) is 0 Å². The maximum Gasteiger partial charge on any atom is 0.315 e. The van der Waals surface area contributed by atoms with Crippen molar-refractivity contribution < 1.29 is 22.4 Å². The lowest BCUT2D eigenvalue weighted by Crippen LogP contribution is -2.29. The molecule has 2 nitrogen and oxygen atoms in total. The van der Waals surface area contributed by atoms with E-state index in [0.717, 1.165) is 18.2 Å². The Balaban J connectivity index is 2.65. The normalized spacial score (nSPS) is 10.5. The average Bonchev–Trinajstić information content (AvgIpc) is 2.18. The molecule has 0 saturated carbocycles. The van der Waals surface area contributed by atoms with E-state index in [9.17, 15) is 22.4 Å². The summed E-state index contributed by atoms with van der Waals surface area (Å²) in [6.07, 6.45) is -3.17. The fraction of sp³-hybridized carbons (Fsp3) is 0.222. The van der Waals surface area contributed by atoms with Crippen molar-refractivity contribution in [1.82, 2.24) is 5.32 Å². The fourth-order valence-corrected chi connectivity index (χ4v) is 0.938. The summed E-state index contributed by atoms with van der Waals surface area (Å²) < 4.78 is 49.0. The quantitative estimate of drug-likeness (QED) is 0.775. The predicted octanol–water partition coefficient (Wildman–Crippen LogP) is 1.85. The first kappa shape index (κ1) is 11.5. The Morgan fingerprint density at radius 2 is 2.00 bits per heavy atom. The molecular formula is C9H7F4NO. The molecule has 15 heavy (non-hydrogen) atoms. The van der Waals surface area contributed by atoms with Crippen LogP contribution in [0.3, 0.4) is 0 Å². The molecule has 0 heterocycles.